The molecule has 3 aliphatic rings. The average Bonchev–Trinajstić information content (AvgIpc) is 1.81. The maximum Gasteiger partial charge on any atom is 0.323 e. The molecule has 0 spiro atoms. The summed E-state index contributed by atoms with van der Waals surface area (Å²) in [4.78, 5) is 68.8. The van der Waals surface area contributed by atoms with Gasteiger partial charge >= 0.3 is 12.1 Å². The third-order valence-electron chi connectivity index (χ3n) is 16.8. The molecule has 12 aromatic rings. The van der Waals surface area contributed by atoms with Gasteiger partial charge in [0, 0.05) is 97.1 Å². The summed E-state index contributed by atoms with van der Waals surface area (Å²) < 4.78 is 101. The van der Waals surface area contributed by atoms with Crippen molar-refractivity contribution in [1.29, 1.82) is 5.26 Å². The van der Waals surface area contributed by atoms with Crippen LogP contribution in [0, 0.1) is 11.3 Å². The number of anilines is 13. The van der Waals surface area contributed by atoms with Gasteiger partial charge in [0.1, 0.15) is 29.9 Å². The molecule has 0 unspecified atom stereocenters. The van der Waals surface area contributed by atoms with E-state index in [1.54, 1.807) is 128 Å². The fourth-order valence-electron chi connectivity index (χ4n) is 11.3. The number of urea groups is 2. The molecular weight excluding hydrogens is 1530 g/mol. The number of ether oxygens (including phenoxy) is 3. The average molecular weight is 1610 g/mol. The number of fused-ring (bicyclic) bond motifs is 13. The zero-order chi connectivity index (χ0) is 80.0. The number of rotatable bonds is 13. The number of carbonyl (C=O) groups is 3. The quantitative estimate of drug-likeness (QED) is 0.0477. The van der Waals surface area contributed by atoms with Gasteiger partial charge in [-0.1, -0.05) is 84.9 Å². The molecule has 14 N–H and O–H groups in total. The number of aromatic nitrogens is 7. The van der Waals surface area contributed by atoms with Crippen molar-refractivity contribution in [2.75, 3.05) is 106 Å². The van der Waals surface area contributed by atoms with E-state index in [4.69, 9.17) is 14.2 Å². The lowest BCUT2D eigenvalue weighted by Crippen LogP contribution is -2.32. The molecule has 115 heavy (non-hydrogen) atoms. The minimum atomic E-state index is -3.65. The van der Waals surface area contributed by atoms with Crippen molar-refractivity contribution < 1.29 is 53.8 Å². The Morgan fingerprint density at radius 3 is 1.42 bits per heavy atom. The fraction of sp³-hybridized carbons (Fsp3) is 0.141. The van der Waals surface area contributed by atoms with Crippen molar-refractivity contribution in [2.45, 2.75) is 33.9 Å². The van der Waals surface area contributed by atoms with Crippen LogP contribution in [-0.4, -0.2) is 131 Å². The first-order valence-electron chi connectivity index (χ1n) is 35.8. The van der Waals surface area contributed by atoms with Crippen LogP contribution in [0.3, 0.4) is 0 Å². The maximum absolute atomic E-state index is 13.1. The SMILES string of the molecule is N#Cc1ccccc1NC(=O)Nc1cccc(Oc2cnc3nc2NCCCNS(=O)(=O)c2cccc(c2)N3)c1.O=C(NCCOc1cnc2nc1NCCCNS(=O)(=O)c1cccc(c1)N2)Nc1ccccc1.O=C(Nc1cccc(Oc2cnc3nc2NCCCNS(=O)(=O)c2cccc(c2)N3)c1)c1nccc2ccccc12. The monoisotopic (exact) mass is 1610 g/mol. The minimum absolute atomic E-state index is 0.140. The molecule has 0 saturated carbocycles. The highest BCUT2D eigenvalue weighted by Crippen LogP contribution is 2.35. The Labute approximate surface area is 660 Å². The Kier molecular flexibility index (Phi) is 25.6. The van der Waals surface area contributed by atoms with Crippen molar-refractivity contribution in [2.24, 2.45) is 0 Å². The van der Waals surface area contributed by atoms with Crippen LogP contribution in [-0.2, 0) is 30.1 Å². The molecule has 0 fully saturated rings. The lowest BCUT2D eigenvalue weighted by Gasteiger charge is -2.14. The summed E-state index contributed by atoms with van der Waals surface area (Å²) in [5, 5.41) is 43.3. The van der Waals surface area contributed by atoms with Crippen LogP contribution in [0.2, 0.25) is 0 Å². The summed E-state index contributed by atoms with van der Waals surface area (Å²) in [6.07, 6.45) is 7.71. The number of benzene rings is 8. The first-order valence-corrected chi connectivity index (χ1v) is 40.2. The summed E-state index contributed by atoms with van der Waals surface area (Å²) in [5.74, 6) is 3.75. The highest BCUT2D eigenvalue weighted by molar-refractivity contribution is 7.90. The smallest absolute Gasteiger partial charge is 0.323 e. The van der Waals surface area contributed by atoms with Crippen molar-refractivity contribution in [1.82, 2.24) is 54.4 Å². The summed E-state index contributed by atoms with van der Waals surface area (Å²) in [6, 6.07) is 59.4. The van der Waals surface area contributed by atoms with Gasteiger partial charge in [0.25, 0.3) is 5.91 Å². The van der Waals surface area contributed by atoms with E-state index in [0.29, 0.717) is 136 Å². The Hall–Kier alpha value is -14.2. The third kappa shape index (κ3) is 21.9. The largest absolute Gasteiger partial charge is 0.486 e. The zero-order valence-corrected chi connectivity index (χ0v) is 63.4. The van der Waals surface area contributed by atoms with E-state index < -0.39 is 36.1 Å². The van der Waals surface area contributed by atoms with Gasteiger partial charge in [-0.2, -0.15) is 20.2 Å². The molecule has 5 amide bonds. The molecule has 0 atom stereocenters. The molecule has 0 radical (unpaired) electrons. The number of carbonyl (C=O) groups excluding carboxylic acids is 3. The number of para-hydroxylation sites is 2. The number of nitrogens with zero attached hydrogens (tertiary/aromatic N) is 8. The second-order valence-corrected chi connectivity index (χ2v) is 30.4. The van der Waals surface area contributed by atoms with E-state index in [1.165, 1.54) is 55.0 Å². The van der Waals surface area contributed by atoms with Crippen LogP contribution < -0.4 is 86.9 Å². The molecule has 4 aromatic heterocycles. The predicted molar refractivity (Wildman–Crippen MR) is 436 cm³/mol. The molecule has 34 nitrogen and oxygen atoms in total. The number of nitriles is 1. The Bertz CT molecular complexity index is 5930. The molecule has 586 valence electrons. The maximum atomic E-state index is 13.1. The van der Waals surface area contributed by atoms with Crippen LogP contribution in [0.5, 0.6) is 28.7 Å². The van der Waals surface area contributed by atoms with Crippen molar-refractivity contribution in [3.05, 3.63) is 242 Å². The van der Waals surface area contributed by atoms with Gasteiger partial charge in [0.2, 0.25) is 47.9 Å². The minimum Gasteiger partial charge on any atom is -0.486 e. The molecule has 15 rings (SSSR count). The van der Waals surface area contributed by atoms with Gasteiger partial charge in [-0.15, -0.1) is 0 Å². The summed E-state index contributed by atoms with van der Waals surface area (Å²) in [7, 11) is -10.9. The number of amides is 5. The highest BCUT2D eigenvalue weighted by atomic mass is 32.2. The van der Waals surface area contributed by atoms with E-state index in [9.17, 15) is 44.9 Å². The van der Waals surface area contributed by atoms with Gasteiger partial charge in [-0.3, -0.25) is 9.78 Å². The first kappa shape index (κ1) is 78.9. The van der Waals surface area contributed by atoms with Gasteiger partial charge in [-0.25, -0.2) is 64.0 Å². The van der Waals surface area contributed by atoms with Crippen molar-refractivity contribution in [3.63, 3.8) is 0 Å². The van der Waals surface area contributed by atoms with E-state index in [2.05, 4.69) is 108 Å². The van der Waals surface area contributed by atoms with Crippen LogP contribution in [0.25, 0.3) is 10.8 Å². The molecule has 37 heteroatoms. The second-order valence-electron chi connectivity index (χ2n) is 25.1. The summed E-state index contributed by atoms with van der Waals surface area (Å²) in [5.41, 5.74) is 4.33. The van der Waals surface area contributed by atoms with Gasteiger partial charge in [0.15, 0.2) is 34.7 Å². The lowest BCUT2D eigenvalue weighted by atomic mass is 10.1. The zero-order valence-electron chi connectivity index (χ0n) is 60.9. The molecule has 8 aromatic carbocycles. The molecule has 3 aliphatic heterocycles. The number of sulfonamides is 3. The van der Waals surface area contributed by atoms with E-state index in [0.717, 1.165) is 10.8 Å². The number of nitrogens with one attached hydrogen (secondary N) is 14. The standard InChI is InChI=1S/C29H25N7O4S.C27H24N8O4S.C22H25N7O4S/c37-28(26-24-11-2-1-6-19(24)12-15-30-26)34-20-7-3-9-22(16-20)40-25-18-32-29-35-21-8-4-10-23(17-21)41(38,39)33-14-5-13-31-27(25)36-29;28-16-18-6-1-2-11-23(18)34-27(36)33-19-7-3-9-21(14-19)39-24-17-30-26-32-20-8-4-10-22(15-20)40(37,38)31-13-5-12-29-25(24)35-26;30-22(28-16-6-2-1-3-7-16)24-12-13-33-19-15-25-21-27-17-8-4-9-18(14-17)34(31,32)26-11-5-10-23-20(19)29-21/h1-4,6-12,15-18,33H,5,13-14H2,(H,34,37)(H2,31,32,35,36);1-4,6-11,14-15,17,31H,5,12-13H2,(H2,33,34,36)(H2,29,30,32,35);1-4,6-9,14-15,26H,5,10-13H2,(H2,24,28,30)(H2,23,25,27,29). The highest BCUT2D eigenvalue weighted by Gasteiger charge is 2.22. The van der Waals surface area contributed by atoms with Gasteiger partial charge < -0.3 is 72.7 Å². The number of hydrogen-bond donors (Lipinski definition) is 14. The van der Waals surface area contributed by atoms with E-state index in [1.807, 2.05) is 54.6 Å². The Morgan fingerprint density at radius 2 is 0.887 bits per heavy atom. The van der Waals surface area contributed by atoms with E-state index in [-0.39, 0.29) is 77.3 Å². The fourth-order valence-corrected chi connectivity index (χ4v) is 14.7. The van der Waals surface area contributed by atoms with E-state index >= 15 is 0 Å². The summed E-state index contributed by atoms with van der Waals surface area (Å²) in [6.45, 7) is 2.53. The Morgan fingerprint density at radius 1 is 0.435 bits per heavy atom. The number of pyridine rings is 1. The molecule has 7 heterocycles. The molecular formula is C78H74N22O12S3. The predicted octanol–water partition coefficient (Wildman–Crippen LogP) is 12.0. The second kappa shape index (κ2) is 37.2. The first-order chi connectivity index (χ1) is 55.8. The molecule has 0 saturated heterocycles. The van der Waals surface area contributed by atoms with Crippen LogP contribution >= 0.6 is 0 Å². The van der Waals surface area contributed by atoms with Gasteiger partial charge in [0.05, 0.1) is 51.1 Å². The normalized spacial score (nSPS) is 14.3. The molecule has 0 aliphatic carbocycles. The van der Waals surface area contributed by atoms with Crippen LogP contribution in [0.1, 0.15) is 35.3 Å². The van der Waals surface area contributed by atoms with Crippen molar-refractivity contribution >= 4 is 134 Å². The number of hydrogen-bond acceptors (Lipinski definition) is 26. The van der Waals surface area contributed by atoms with Crippen LogP contribution in [0.4, 0.5) is 84.7 Å². The Balaban J connectivity index is 0.000000151. The van der Waals surface area contributed by atoms with Crippen molar-refractivity contribution in [3.8, 4) is 34.8 Å². The third-order valence-corrected chi connectivity index (χ3v) is 21.2. The van der Waals surface area contributed by atoms with Gasteiger partial charge in [-0.05, 0) is 134 Å². The lowest BCUT2D eigenvalue weighted by molar-refractivity contribution is 0.102. The van der Waals surface area contributed by atoms with Crippen LogP contribution in [0.15, 0.2) is 246 Å². The topological polar surface area (TPSA) is 464 Å². The molecule has 12 bridgehead atoms. The summed E-state index contributed by atoms with van der Waals surface area (Å²) >= 11 is 0.